The second-order valence-electron chi connectivity index (χ2n) is 8.78. The molecule has 3 N–H and O–H groups in total. The first kappa shape index (κ1) is 13.6. The highest BCUT2D eigenvalue weighted by Crippen LogP contribution is 2.61. The molecule has 0 amide bonds. The van der Waals surface area contributed by atoms with Crippen molar-refractivity contribution in [2.75, 3.05) is 0 Å². The summed E-state index contributed by atoms with van der Waals surface area (Å²) in [6, 6.07) is 1.95. The molecule has 114 valence electrons. The van der Waals surface area contributed by atoms with Crippen molar-refractivity contribution < 1.29 is 0 Å². The summed E-state index contributed by atoms with van der Waals surface area (Å²) in [5, 5.41) is 4.04. The van der Waals surface area contributed by atoms with Gasteiger partial charge in [0, 0.05) is 18.1 Å². The minimum absolute atomic E-state index is 0.475. The van der Waals surface area contributed by atoms with Crippen LogP contribution >= 0.6 is 0 Å². The van der Waals surface area contributed by atoms with Crippen molar-refractivity contribution in [1.29, 1.82) is 0 Å². The highest BCUT2D eigenvalue weighted by atomic mass is 15.0. The summed E-state index contributed by atoms with van der Waals surface area (Å²) >= 11 is 0. The normalized spacial score (nSPS) is 52.2. The minimum atomic E-state index is 0.475. The lowest BCUT2D eigenvalue weighted by molar-refractivity contribution is -0.0727. The molecule has 1 unspecified atom stereocenters. The molecule has 0 aliphatic heterocycles. The van der Waals surface area contributed by atoms with E-state index in [9.17, 15) is 0 Å². The molecule has 5 fully saturated rings. The molecule has 5 aliphatic carbocycles. The summed E-state index contributed by atoms with van der Waals surface area (Å²) in [7, 11) is 0. The van der Waals surface area contributed by atoms with Gasteiger partial charge in [0.1, 0.15) is 0 Å². The molecule has 0 aromatic carbocycles. The molecule has 0 spiro atoms. The molecule has 4 bridgehead atoms. The van der Waals surface area contributed by atoms with Crippen LogP contribution in [0.3, 0.4) is 0 Å². The van der Waals surface area contributed by atoms with Crippen LogP contribution in [0.4, 0.5) is 0 Å². The molecule has 0 saturated heterocycles. The summed E-state index contributed by atoms with van der Waals surface area (Å²) < 4.78 is 0. The average Bonchev–Trinajstić information content (AvgIpc) is 2.40. The van der Waals surface area contributed by atoms with Crippen LogP contribution < -0.4 is 11.1 Å². The Morgan fingerprint density at radius 3 is 1.90 bits per heavy atom. The molecule has 1 atom stereocenters. The maximum absolute atomic E-state index is 6.05. The first-order valence-electron chi connectivity index (χ1n) is 9.14. The predicted molar refractivity (Wildman–Crippen MR) is 83.4 cm³/mol. The van der Waals surface area contributed by atoms with E-state index in [-0.39, 0.29) is 0 Å². The Bertz CT molecular complexity index is 321. The van der Waals surface area contributed by atoms with Crippen molar-refractivity contribution in [3.8, 4) is 0 Å². The van der Waals surface area contributed by atoms with Crippen molar-refractivity contribution in [1.82, 2.24) is 5.32 Å². The molecule has 5 rings (SSSR count). The first-order valence-corrected chi connectivity index (χ1v) is 9.14. The lowest BCUT2D eigenvalue weighted by Gasteiger charge is -2.59. The third-order valence-corrected chi connectivity index (χ3v) is 7.26. The van der Waals surface area contributed by atoms with E-state index in [1.165, 1.54) is 44.9 Å². The van der Waals surface area contributed by atoms with Gasteiger partial charge < -0.3 is 11.1 Å². The fourth-order valence-electron chi connectivity index (χ4n) is 6.52. The van der Waals surface area contributed by atoms with E-state index in [2.05, 4.69) is 12.2 Å². The lowest BCUT2D eigenvalue weighted by atomic mass is 9.48. The summed E-state index contributed by atoms with van der Waals surface area (Å²) in [5.41, 5.74) is 6.71. The zero-order chi connectivity index (χ0) is 13.7. The molecule has 5 saturated carbocycles. The summed E-state index contributed by atoms with van der Waals surface area (Å²) in [6.07, 6.45) is 14.3. The Balaban J connectivity index is 1.41. The standard InChI is InChI=1S/C18H32N2/c1-12(20-17-4-2-16(19)3-5-17)18-9-13-6-14(10-18)8-15(7-13)11-18/h12-17,20H,2-11,19H2,1H3. The van der Waals surface area contributed by atoms with Crippen molar-refractivity contribution in [2.24, 2.45) is 28.9 Å². The van der Waals surface area contributed by atoms with Crippen molar-refractivity contribution in [3.05, 3.63) is 0 Å². The van der Waals surface area contributed by atoms with Gasteiger partial charge in [-0.15, -0.1) is 0 Å². The average molecular weight is 276 g/mol. The topological polar surface area (TPSA) is 38.0 Å². The smallest absolute Gasteiger partial charge is 0.00980 e. The van der Waals surface area contributed by atoms with Gasteiger partial charge in [-0.1, -0.05) is 0 Å². The second-order valence-corrected chi connectivity index (χ2v) is 8.78. The second kappa shape index (κ2) is 4.98. The van der Waals surface area contributed by atoms with E-state index < -0.39 is 0 Å². The summed E-state index contributed by atoms with van der Waals surface area (Å²) in [4.78, 5) is 0. The molecule has 0 heterocycles. The van der Waals surface area contributed by atoms with Crippen LogP contribution in [-0.4, -0.2) is 18.1 Å². The largest absolute Gasteiger partial charge is 0.328 e. The lowest BCUT2D eigenvalue weighted by Crippen LogP contribution is -2.57. The van der Waals surface area contributed by atoms with E-state index in [0.29, 0.717) is 11.5 Å². The fourth-order valence-corrected chi connectivity index (χ4v) is 6.52. The zero-order valence-corrected chi connectivity index (χ0v) is 13.1. The van der Waals surface area contributed by atoms with Crippen LogP contribution in [0.15, 0.2) is 0 Å². The minimum Gasteiger partial charge on any atom is -0.328 e. The number of hydrogen-bond donors (Lipinski definition) is 2. The van der Waals surface area contributed by atoms with Crippen LogP contribution in [0.5, 0.6) is 0 Å². The maximum Gasteiger partial charge on any atom is 0.00980 e. The Kier molecular flexibility index (Phi) is 3.38. The van der Waals surface area contributed by atoms with E-state index in [1.807, 2.05) is 0 Å². The van der Waals surface area contributed by atoms with Gasteiger partial charge in [-0.2, -0.15) is 0 Å². The van der Waals surface area contributed by atoms with Gasteiger partial charge in [0.2, 0.25) is 0 Å². The van der Waals surface area contributed by atoms with Gasteiger partial charge in [0.05, 0.1) is 0 Å². The Morgan fingerprint density at radius 2 is 1.40 bits per heavy atom. The highest BCUT2D eigenvalue weighted by molar-refractivity contribution is 5.05. The Hall–Kier alpha value is -0.0800. The van der Waals surface area contributed by atoms with Crippen LogP contribution in [-0.2, 0) is 0 Å². The zero-order valence-electron chi connectivity index (χ0n) is 13.1. The van der Waals surface area contributed by atoms with E-state index in [4.69, 9.17) is 5.73 Å². The van der Waals surface area contributed by atoms with Gasteiger partial charge in [-0.25, -0.2) is 0 Å². The SMILES string of the molecule is CC(NC1CCC(N)CC1)C12CC3CC(CC(C3)C1)C2. The number of nitrogens with two attached hydrogens (primary N) is 1. The quantitative estimate of drug-likeness (QED) is 0.828. The van der Waals surface area contributed by atoms with E-state index in [0.717, 1.165) is 29.8 Å². The van der Waals surface area contributed by atoms with Gasteiger partial charge in [-0.3, -0.25) is 0 Å². The molecule has 2 heteroatoms. The number of hydrogen-bond acceptors (Lipinski definition) is 2. The molecule has 20 heavy (non-hydrogen) atoms. The van der Waals surface area contributed by atoms with Gasteiger partial charge >= 0.3 is 0 Å². The van der Waals surface area contributed by atoms with Crippen LogP contribution in [0.1, 0.15) is 71.1 Å². The van der Waals surface area contributed by atoms with Crippen LogP contribution in [0.2, 0.25) is 0 Å². The summed E-state index contributed by atoms with van der Waals surface area (Å²) in [5.74, 6) is 3.22. The molecular formula is C18H32N2. The molecule has 5 aliphatic rings. The molecule has 2 nitrogen and oxygen atoms in total. The van der Waals surface area contributed by atoms with Crippen LogP contribution in [0.25, 0.3) is 0 Å². The molecule has 0 radical (unpaired) electrons. The van der Waals surface area contributed by atoms with E-state index in [1.54, 1.807) is 19.3 Å². The van der Waals surface area contributed by atoms with Gasteiger partial charge in [0.15, 0.2) is 0 Å². The molecule has 0 aromatic rings. The highest BCUT2D eigenvalue weighted by Gasteiger charge is 2.53. The van der Waals surface area contributed by atoms with Crippen molar-refractivity contribution >= 4 is 0 Å². The Labute approximate surface area is 124 Å². The number of nitrogens with one attached hydrogen (secondary N) is 1. The first-order chi connectivity index (χ1) is 9.63. The Morgan fingerprint density at radius 1 is 0.900 bits per heavy atom. The van der Waals surface area contributed by atoms with E-state index >= 15 is 0 Å². The monoisotopic (exact) mass is 276 g/mol. The molecule has 0 aromatic heterocycles. The maximum atomic E-state index is 6.05. The van der Waals surface area contributed by atoms with Gasteiger partial charge in [-0.05, 0) is 94.3 Å². The van der Waals surface area contributed by atoms with Crippen molar-refractivity contribution in [2.45, 2.75) is 89.3 Å². The predicted octanol–water partition coefficient (Wildman–Crippen LogP) is 3.45. The third kappa shape index (κ3) is 2.33. The van der Waals surface area contributed by atoms with Crippen LogP contribution in [0, 0.1) is 23.2 Å². The molecular weight excluding hydrogens is 244 g/mol. The summed E-state index contributed by atoms with van der Waals surface area (Å²) in [6.45, 7) is 2.50. The fraction of sp³-hybridized carbons (Fsp3) is 1.00. The number of rotatable bonds is 3. The third-order valence-electron chi connectivity index (χ3n) is 7.26. The van der Waals surface area contributed by atoms with Gasteiger partial charge in [0.25, 0.3) is 0 Å². The van der Waals surface area contributed by atoms with Crippen molar-refractivity contribution in [3.63, 3.8) is 0 Å².